The van der Waals surface area contributed by atoms with Crippen molar-refractivity contribution in [2.75, 3.05) is 5.73 Å². The highest BCUT2D eigenvalue weighted by Crippen LogP contribution is 2.35. The molecule has 1 heterocycles. The molecular formula is C16H20N2O. The Hall–Kier alpha value is -1.77. The van der Waals surface area contributed by atoms with Gasteiger partial charge in [0.15, 0.2) is 0 Å². The molecule has 3 rings (SSSR count). The molecule has 1 aliphatic rings. The lowest BCUT2D eigenvalue weighted by Crippen LogP contribution is -2.01. The molecule has 1 aromatic heterocycles. The van der Waals surface area contributed by atoms with Crippen molar-refractivity contribution in [1.29, 1.82) is 0 Å². The second-order valence-corrected chi connectivity index (χ2v) is 5.59. The molecule has 0 spiro atoms. The largest absolute Gasteiger partial charge is 0.367 e. The first kappa shape index (κ1) is 12.3. The Balaban J connectivity index is 1.93. The molecule has 100 valence electrons. The second-order valence-electron chi connectivity index (χ2n) is 5.59. The number of nitrogen functional groups attached to an aromatic ring is 1. The Labute approximate surface area is 113 Å². The smallest absolute Gasteiger partial charge is 0.230 e. The Morgan fingerprint density at radius 3 is 2.84 bits per heavy atom. The molecule has 0 atom stereocenters. The second kappa shape index (κ2) is 5.08. The van der Waals surface area contributed by atoms with Crippen molar-refractivity contribution < 1.29 is 4.52 Å². The van der Waals surface area contributed by atoms with E-state index in [4.69, 9.17) is 10.3 Å². The molecule has 1 saturated carbocycles. The van der Waals surface area contributed by atoms with Gasteiger partial charge in [-0.1, -0.05) is 60.7 Å². The van der Waals surface area contributed by atoms with E-state index < -0.39 is 0 Å². The fraction of sp³-hybridized carbons (Fsp3) is 0.438. The summed E-state index contributed by atoms with van der Waals surface area (Å²) in [7, 11) is 0. The van der Waals surface area contributed by atoms with Crippen LogP contribution in [0.3, 0.4) is 0 Å². The predicted molar refractivity (Wildman–Crippen MR) is 76.8 cm³/mol. The Kier molecular flexibility index (Phi) is 3.28. The van der Waals surface area contributed by atoms with Crippen molar-refractivity contribution in [3.05, 3.63) is 35.5 Å². The van der Waals surface area contributed by atoms with E-state index in [-0.39, 0.29) is 0 Å². The standard InChI is InChI=1S/C16H20N2O/c1-11-5-4-8-13(9-11)15-14(18-19-16(15)17)10-12-6-2-3-7-12/h4-5,8-9,12H,2-3,6-7,10,17H2,1H3. The summed E-state index contributed by atoms with van der Waals surface area (Å²) in [6.07, 6.45) is 6.29. The third kappa shape index (κ3) is 2.50. The van der Waals surface area contributed by atoms with Crippen LogP contribution < -0.4 is 5.73 Å². The number of nitrogens with zero attached hydrogens (tertiary/aromatic N) is 1. The van der Waals surface area contributed by atoms with Gasteiger partial charge in [-0.25, -0.2) is 0 Å². The number of aromatic nitrogens is 1. The van der Waals surface area contributed by atoms with E-state index in [1.807, 2.05) is 0 Å². The Morgan fingerprint density at radius 2 is 2.11 bits per heavy atom. The van der Waals surface area contributed by atoms with E-state index >= 15 is 0 Å². The van der Waals surface area contributed by atoms with E-state index in [1.54, 1.807) is 0 Å². The van der Waals surface area contributed by atoms with Gasteiger partial charge < -0.3 is 10.3 Å². The van der Waals surface area contributed by atoms with Crippen molar-refractivity contribution in [3.63, 3.8) is 0 Å². The summed E-state index contributed by atoms with van der Waals surface area (Å²) in [5.74, 6) is 1.19. The summed E-state index contributed by atoms with van der Waals surface area (Å²) in [6.45, 7) is 2.09. The lowest BCUT2D eigenvalue weighted by molar-refractivity contribution is 0.417. The highest BCUT2D eigenvalue weighted by molar-refractivity contribution is 5.75. The Bertz CT molecular complexity index is 568. The molecule has 3 nitrogen and oxygen atoms in total. The molecule has 2 N–H and O–H groups in total. The van der Waals surface area contributed by atoms with Gasteiger partial charge >= 0.3 is 0 Å². The van der Waals surface area contributed by atoms with Crippen LogP contribution in [0.25, 0.3) is 11.1 Å². The van der Waals surface area contributed by atoms with Gasteiger partial charge in [0.05, 0.1) is 11.3 Å². The number of anilines is 1. The van der Waals surface area contributed by atoms with Gasteiger partial charge in [-0.3, -0.25) is 0 Å². The number of hydrogen-bond acceptors (Lipinski definition) is 3. The van der Waals surface area contributed by atoms with Crippen molar-refractivity contribution in [2.24, 2.45) is 5.92 Å². The monoisotopic (exact) mass is 256 g/mol. The zero-order valence-corrected chi connectivity index (χ0v) is 11.4. The van der Waals surface area contributed by atoms with Crippen molar-refractivity contribution >= 4 is 5.88 Å². The van der Waals surface area contributed by atoms with E-state index in [1.165, 1.54) is 31.2 Å². The minimum Gasteiger partial charge on any atom is -0.367 e. The van der Waals surface area contributed by atoms with Gasteiger partial charge in [0, 0.05) is 0 Å². The van der Waals surface area contributed by atoms with Gasteiger partial charge in [-0.05, 0) is 24.8 Å². The summed E-state index contributed by atoms with van der Waals surface area (Å²) < 4.78 is 5.23. The van der Waals surface area contributed by atoms with Crippen LogP contribution in [0.5, 0.6) is 0 Å². The molecule has 0 bridgehead atoms. The first-order valence-electron chi connectivity index (χ1n) is 7.05. The highest BCUT2D eigenvalue weighted by Gasteiger charge is 2.22. The molecule has 0 radical (unpaired) electrons. The molecule has 0 amide bonds. The van der Waals surface area contributed by atoms with Crippen LogP contribution in [0.1, 0.15) is 36.9 Å². The third-order valence-electron chi connectivity index (χ3n) is 4.05. The zero-order valence-electron chi connectivity index (χ0n) is 11.4. The average molecular weight is 256 g/mol. The van der Waals surface area contributed by atoms with Crippen LogP contribution >= 0.6 is 0 Å². The van der Waals surface area contributed by atoms with E-state index in [9.17, 15) is 0 Å². The predicted octanol–water partition coefficient (Wildman–Crippen LogP) is 3.96. The maximum atomic E-state index is 5.97. The Morgan fingerprint density at radius 1 is 1.32 bits per heavy atom. The molecular weight excluding hydrogens is 236 g/mol. The SMILES string of the molecule is Cc1cccc(-c2c(CC3CCCC3)noc2N)c1. The quantitative estimate of drug-likeness (QED) is 0.904. The van der Waals surface area contributed by atoms with Crippen LogP contribution in [-0.2, 0) is 6.42 Å². The molecule has 3 heteroatoms. The molecule has 1 fully saturated rings. The molecule has 1 aromatic carbocycles. The van der Waals surface area contributed by atoms with E-state index in [0.717, 1.165) is 29.2 Å². The summed E-state index contributed by atoms with van der Waals surface area (Å²) in [5.41, 5.74) is 10.3. The molecule has 2 aromatic rings. The van der Waals surface area contributed by atoms with Crippen LogP contribution in [0.4, 0.5) is 5.88 Å². The molecule has 1 aliphatic carbocycles. The summed E-state index contributed by atoms with van der Waals surface area (Å²) in [4.78, 5) is 0. The number of benzene rings is 1. The minimum absolute atomic E-state index is 0.443. The van der Waals surface area contributed by atoms with Crippen LogP contribution in [0.15, 0.2) is 28.8 Å². The summed E-state index contributed by atoms with van der Waals surface area (Å²) in [6, 6.07) is 8.36. The lowest BCUT2D eigenvalue weighted by atomic mass is 9.96. The molecule has 19 heavy (non-hydrogen) atoms. The summed E-state index contributed by atoms with van der Waals surface area (Å²) >= 11 is 0. The normalized spacial score (nSPS) is 16.1. The van der Waals surface area contributed by atoms with Crippen LogP contribution in [0, 0.1) is 12.8 Å². The van der Waals surface area contributed by atoms with Crippen molar-refractivity contribution in [1.82, 2.24) is 5.16 Å². The molecule has 0 unspecified atom stereocenters. The highest BCUT2D eigenvalue weighted by atomic mass is 16.5. The number of nitrogens with two attached hydrogens (primary N) is 1. The third-order valence-corrected chi connectivity index (χ3v) is 4.05. The van der Waals surface area contributed by atoms with Gasteiger partial charge in [0.2, 0.25) is 5.88 Å². The van der Waals surface area contributed by atoms with Crippen molar-refractivity contribution in [2.45, 2.75) is 39.0 Å². The van der Waals surface area contributed by atoms with Gasteiger partial charge in [-0.15, -0.1) is 0 Å². The fourth-order valence-electron chi connectivity index (χ4n) is 3.07. The van der Waals surface area contributed by atoms with Gasteiger partial charge in [0.1, 0.15) is 0 Å². The summed E-state index contributed by atoms with van der Waals surface area (Å²) in [5, 5.41) is 4.19. The number of rotatable bonds is 3. The van der Waals surface area contributed by atoms with E-state index in [2.05, 4.69) is 36.3 Å². The number of hydrogen-bond donors (Lipinski definition) is 1. The number of aryl methyl sites for hydroxylation is 1. The maximum absolute atomic E-state index is 5.97. The fourth-order valence-corrected chi connectivity index (χ4v) is 3.07. The van der Waals surface area contributed by atoms with E-state index in [0.29, 0.717) is 5.88 Å². The van der Waals surface area contributed by atoms with Crippen LogP contribution in [0.2, 0.25) is 0 Å². The van der Waals surface area contributed by atoms with Gasteiger partial charge in [0.25, 0.3) is 0 Å². The van der Waals surface area contributed by atoms with Gasteiger partial charge in [-0.2, -0.15) is 0 Å². The molecule has 0 saturated heterocycles. The lowest BCUT2D eigenvalue weighted by Gasteiger charge is -2.08. The van der Waals surface area contributed by atoms with Crippen LogP contribution in [-0.4, -0.2) is 5.16 Å². The minimum atomic E-state index is 0.443. The maximum Gasteiger partial charge on any atom is 0.230 e. The topological polar surface area (TPSA) is 52.0 Å². The molecule has 0 aliphatic heterocycles. The zero-order chi connectivity index (χ0) is 13.2. The average Bonchev–Trinajstić information content (AvgIpc) is 3.00. The first-order valence-corrected chi connectivity index (χ1v) is 7.05. The first-order chi connectivity index (χ1) is 9.24. The van der Waals surface area contributed by atoms with Crippen molar-refractivity contribution in [3.8, 4) is 11.1 Å².